The topological polar surface area (TPSA) is 36.3 Å². The zero-order valence-corrected chi connectivity index (χ0v) is 17.2. The highest BCUT2D eigenvalue weighted by molar-refractivity contribution is 9.10. The van der Waals surface area contributed by atoms with Gasteiger partial charge in [-0.25, -0.2) is 4.98 Å². The molecule has 0 radical (unpaired) electrons. The Bertz CT molecular complexity index is 1070. The van der Waals surface area contributed by atoms with E-state index in [2.05, 4.69) is 50.8 Å². The summed E-state index contributed by atoms with van der Waals surface area (Å²) < 4.78 is 14.5. The molecular formula is C23H21BrN2O2. The Morgan fingerprint density at radius 1 is 0.929 bits per heavy atom. The first-order chi connectivity index (χ1) is 13.7. The third-order valence-corrected chi connectivity index (χ3v) is 5.12. The van der Waals surface area contributed by atoms with Crippen LogP contribution in [0.1, 0.15) is 6.42 Å². The lowest BCUT2D eigenvalue weighted by atomic mass is 10.2. The standard InChI is InChI=1S/C23H21BrN2O2/c1-27-19-6-4-7-20(16-19)28-15-5-14-26-22-9-3-2-8-21(22)25-23(26)17-10-12-18(24)13-11-17/h2-4,6-13,16H,5,14-15H2,1H3. The van der Waals surface area contributed by atoms with Gasteiger partial charge >= 0.3 is 0 Å². The van der Waals surface area contributed by atoms with Crippen LogP contribution in [0.25, 0.3) is 22.4 Å². The Morgan fingerprint density at radius 2 is 1.71 bits per heavy atom. The number of nitrogens with zero attached hydrogens (tertiary/aromatic N) is 2. The van der Waals surface area contributed by atoms with Gasteiger partial charge in [-0.1, -0.05) is 46.3 Å². The SMILES string of the molecule is COc1cccc(OCCCn2c(-c3ccc(Br)cc3)nc3ccccc32)c1. The highest BCUT2D eigenvalue weighted by Gasteiger charge is 2.12. The van der Waals surface area contributed by atoms with Crippen LogP contribution in [0.15, 0.2) is 77.3 Å². The molecule has 0 unspecified atom stereocenters. The maximum absolute atomic E-state index is 5.90. The van der Waals surface area contributed by atoms with Gasteiger partial charge in [0.05, 0.1) is 24.8 Å². The fraction of sp³-hybridized carbons (Fsp3) is 0.174. The van der Waals surface area contributed by atoms with Crippen LogP contribution < -0.4 is 9.47 Å². The lowest BCUT2D eigenvalue weighted by Gasteiger charge is -2.11. The molecule has 0 aliphatic carbocycles. The van der Waals surface area contributed by atoms with E-state index < -0.39 is 0 Å². The smallest absolute Gasteiger partial charge is 0.141 e. The minimum Gasteiger partial charge on any atom is -0.497 e. The first-order valence-corrected chi connectivity index (χ1v) is 10.0. The van der Waals surface area contributed by atoms with Crippen LogP contribution in [0.2, 0.25) is 0 Å². The second-order valence-corrected chi connectivity index (χ2v) is 7.38. The maximum atomic E-state index is 5.90. The van der Waals surface area contributed by atoms with Gasteiger partial charge in [0.2, 0.25) is 0 Å². The van der Waals surface area contributed by atoms with Crippen LogP contribution in [0.5, 0.6) is 11.5 Å². The van der Waals surface area contributed by atoms with Gasteiger partial charge in [0.25, 0.3) is 0 Å². The molecule has 0 aliphatic rings. The monoisotopic (exact) mass is 436 g/mol. The highest BCUT2D eigenvalue weighted by Crippen LogP contribution is 2.26. The molecule has 0 saturated heterocycles. The summed E-state index contributed by atoms with van der Waals surface area (Å²) in [5.74, 6) is 2.61. The van der Waals surface area contributed by atoms with E-state index in [9.17, 15) is 0 Å². The second-order valence-electron chi connectivity index (χ2n) is 6.46. The van der Waals surface area contributed by atoms with Crippen molar-refractivity contribution in [2.24, 2.45) is 0 Å². The lowest BCUT2D eigenvalue weighted by Crippen LogP contribution is -2.06. The fourth-order valence-electron chi connectivity index (χ4n) is 3.22. The van der Waals surface area contributed by atoms with Crippen LogP contribution in [0.4, 0.5) is 0 Å². The minimum absolute atomic E-state index is 0.624. The number of aromatic nitrogens is 2. The van der Waals surface area contributed by atoms with E-state index >= 15 is 0 Å². The van der Waals surface area contributed by atoms with E-state index in [0.29, 0.717) is 6.61 Å². The zero-order valence-electron chi connectivity index (χ0n) is 15.6. The number of aryl methyl sites for hydroxylation is 1. The quantitative estimate of drug-likeness (QED) is 0.336. The number of halogens is 1. The number of imidazole rings is 1. The van der Waals surface area contributed by atoms with Crippen molar-refractivity contribution >= 4 is 27.0 Å². The number of fused-ring (bicyclic) bond motifs is 1. The van der Waals surface area contributed by atoms with Crippen molar-refractivity contribution in [2.45, 2.75) is 13.0 Å². The van der Waals surface area contributed by atoms with E-state index in [4.69, 9.17) is 14.5 Å². The Morgan fingerprint density at radius 3 is 2.54 bits per heavy atom. The molecule has 1 aromatic heterocycles. The van der Waals surface area contributed by atoms with Crippen molar-refractivity contribution in [3.8, 4) is 22.9 Å². The summed E-state index contributed by atoms with van der Waals surface area (Å²) in [6, 6.07) is 24.2. The lowest BCUT2D eigenvalue weighted by molar-refractivity contribution is 0.300. The van der Waals surface area contributed by atoms with Gasteiger partial charge in [-0.15, -0.1) is 0 Å². The van der Waals surface area contributed by atoms with E-state index in [0.717, 1.165) is 51.4 Å². The summed E-state index contributed by atoms with van der Waals surface area (Å²) >= 11 is 3.50. The summed E-state index contributed by atoms with van der Waals surface area (Å²) in [7, 11) is 1.66. The summed E-state index contributed by atoms with van der Waals surface area (Å²) in [5, 5.41) is 0. The van der Waals surface area contributed by atoms with E-state index in [1.54, 1.807) is 7.11 Å². The van der Waals surface area contributed by atoms with E-state index in [-0.39, 0.29) is 0 Å². The van der Waals surface area contributed by atoms with Crippen LogP contribution in [-0.4, -0.2) is 23.3 Å². The molecule has 0 atom stereocenters. The van der Waals surface area contributed by atoms with Crippen LogP contribution in [0.3, 0.4) is 0 Å². The molecule has 1 heterocycles. The average Bonchev–Trinajstić information content (AvgIpc) is 3.10. The summed E-state index contributed by atoms with van der Waals surface area (Å²) in [4.78, 5) is 4.86. The third-order valence-electron chi connectivity index (χ3n) is 4.59. The second kappa shape index (κ2) is 8.48. The molecule has 28 heavy (non-hydrogen) atoms. The number of rotatable bonds is 7. The number of para-hydroxylation sites is 2. The molecule has 4 aromatic rings. The molecule has 0 bridgehead atoms. The van der Waals surface area contributed by atoms with Crippen molar-refractivity contribution in [1.82, 2.24) is 9.55 Å². The van der Waals surface area contributed by atoms with Gasteiger partial charge < -0.3 is 14.0 Å². The Hall–Kier alpha value is -2.79. The van der Waals surface area contributed by atoms with Crippen molar-refractivity contribution in [3.63, 3.8) is 0 Å². The van der Waals surface area contributed by atoms with Crippen molar-refractivity contribution < 1.29 is 9.47 Å². The normalized spacial score (nSPS) is 10.9. The summed E-state index contributed by atoms with van der Waals surface area (Å²) in [5.41, 5.74) is 3.25. The molecule has 4 rings (SSSR count). The first kappa shape index (κ1) is 18.6. The fourth-order valence-corrected chi connectivity index (χ4v) is 3.49. The van der Waals surface area contributed by atoms with Crippen LogP contribution in [0, 0.1) is 0 Å². The van der Waals surface area contributed by atoms with E-state index in [1.807, 2.05) is 42.5 Å². The number of hydrogen-bond donors (Lipinski definition) is 0. The predicted molar refractivity (Wildman–Crippen MR) is 116 cm³/mol. The number of benzene rings is 3. The van der Waals surface area contributed by atoms with Gasteiger partial charge in [0.1, 0.15) is 17.3 Å². The first-order valence-electron chi connectivity index (χ1n) is 9.22. The highest BCUT2D eigenvalue weighted by atomic mass is 79.9. The van der Waals surface area contributed by atoms with Gasteiger partial charge in [0, 0.05) is 22.6 Å². The Balaban J connectivity index is 1.52. The van der Waals surface area contributed by atoms with Crippen molar-refractivity contribution in [3.05, 3.63) is 77.3 Å². The molecule has 0 saturated carbocycles. The predicted octanol–water partition coefficient (Wildman–Crippen LogP) is 5.94. The third kappa shape index (κ3) is 4.04. The van der Waals surface area contributed by atoms with E-state index in [1.165, 1.54) is 0 Å². The summed E-state index contributed by atoms with van der Waals surface area (Å²) in [6.07, 6.45) is 0.876. The van der Waals surface area contributed by atoms with Gasteiger partial charge in [0.15, 0.2) is 0 Å². The summed E-state index contributed by atoms with van der Waals surface area (Å²) in [6.45, 7) is 1.45. The van der Waals surface area contributed by atoms with Crippen LogP contribution in [-0.2, 0) is 6.54 Å². The minimum atomic E-state index is 0.624. The molecule has 0 N–H and O–H groups in total. The van der Waals surface area contributed by atoms with Gasteiger partial charge in [-0.2, -0.15) is 0 Å². The number of ether oxygens (including phenoxy) is 2. The van der Waals surface area contributed by atoms with Crippen molar-refractivity contribution in [1.29, 1.82) is 0 Å². The van der Waals surface area contributed by atoms with Gasteiger partial charge in [-0.05, 0) is 42.8 Å². The maximum Gasteiger partial charge on any atom is 0.141 e. The molecule has 0 amide bonds. The largest absolute Gasteiger partial charge is 0.497 e. The van der Waals surface area contributed by atoms with Crippen LogP contribution >= 0.6 is 15.9 Å². The molecular weight excluding hydrogens is 416 g/mol. The molecule has 5 heteroatoms. The zero-order chi connectivity index (χ0) is 19.3. The molecule has 4 nitrogen and oxygen atoms in total. The molecule has 0 fully saturated rings. The Kier molecular flexibility index (Phi) is 5.63. The number of hydrogen-bond acceptors (Lipinski definition) is 3. The molecule has 142 valence electrons. The molecule has 3 aromatic carbocycles. The van der Waals surface area contributed by atoms with Crippen molar-refractivity contribution in [2.75, 3.05) is 13.7 Å². The number of methoxy groups -OCH3 is 1. The average molecular weight is 437 g/mol. The molecule has 0 spiro atoms. The molecule has 0 aliphatic heterocycles. The Labute approximate surface area is 172 Å². The van der Waals surface area contributed by atoms with Gasteiger partial charge in [-0.3, -0.25) is 0 Å².